The van der Waals surface area contributed by atoms with Gasteiger partial charge in [0.1, 0.15) is 11.5 Å². The van der Waals surface area contributed by atoms with Gasteiger partial charge in [-0.1, -0.05) is 60.7 Å². The van der Waals surface area contributed by atoms with Crippen molar-refractivity contribution in [3.63, 3.8) is 0 Å². The van der Waals surface area contributed by atoms with Gasteiger partial charge in [-0.15, -0.1) is 0 Å². The van der Waals surface area contributed by atoms with Crippen molar-refractivity contribution in [3.05, 3.63) is 107 Å². The highest BCUT2D eigenvalue weighted by molar-refractivity contribution is 5.97. The van der Waals surface area contributed by atoms with Gasteiger partial charge in [0.15, 0.2) is 0 Å². The summed E-state index contributed by atoms with van der Waals surface area (Å²) in [4.78, 5) is 23.7. The minimum absolute atomic E-state index is 0.0742. The number of carbonyl (C=O) groups excluding carboxylic acids is 1. The van der Waals surface area contributed by atoms with Crippen LogP contribution >= 0.6 is 0 Å². The number of nitrogens with one attached hydrogen (secondary N) is 1. The molecule has 0 aliphatic heterocycles. The Morgan fingerprint density at radius 1 is 0.857 bits per heavy atom. The number of hydrogen-bond donors (Lipinski definition) is 3. The summed E-state index contributed by atoms with van der Waals surface area (Å²) in [5, 5.41) is 24.0. The van der Waals surface area contributed by atoms with Gasteiger partial charge in [-0.25, -0.2) is 0 Å². The number of phenols is 1. The second-order valence-electron chi connectivity index (χ2n) is 8.39. The Labute approximate surface area is 203 Å². The molecule has 0 aliphatic rings. The number of aliphatic carboxylic acids is 1. The van der Waals surface area contributed by atoms with Gasteiger partial charge in [0.05, 0.1) is 12.7 Å². The van der Waals surface area contributed by atoms with Crippen LogP contribution in [0.25, 0.3) is 10.8 Å². The van der Waals surface area contributed by atoms with E-state index in [2.05, 4.69) is 5.32 Å². The molecule has 35 heavy (non-hydrogen) atoms. The molecule has 4 aromatic rings. The van der Waals surface area contributed by atoms with Crippen LogP contribution in [0.15, 0.2) is 78.9 Å². The van der Waals surface area contributed by atoms with E-state index in [1.54, 1.807) is 19.2 Å². The summed E-state index contributed by atoms with van der Waals surface area (Å²) in [6.07, 6.45) is 1.17. The molecule has 1 amide bonds. The fourth-order valence-corrected chi connectivity index (χ4v) is 4.12. The number of methoxy groups -OCH3 is 1. The van der Waals surface area contributed by atoms with E-state index in [9.17, 15) is 14.7 Å². The number of amides is 1. The lowest BCUT2D eigenvalue weighted by molar-refractivity contribution is -0.136. The molecule has 0 saturated heterocycles. The normalized spacial score (nSPS) is 10.8. The summed E-state index contributed by atoms with van der Waals surface area (Å²) in [7, 11) is 1.63. The largest absolute Gasteiger partial charge is 0.507 e. The molecule has 0 atom stereocenters. The van der Waals surface area contributed by atoms with E-state index in [4.69, 9.17) is 9.84 Å². The number of hydrogen-bond acceptors (Lipinski definition) is 4. The first-order valence-corrected chi connectivity index (χ1v) is 11.4. The quantitative estimate of drug-likeness (QED) is 0.317. The van der Waals surface area contributed by atoms with Crippen LogP contribution in [0.3, 0.4) is 0 Å². The third-order valence-corrected chi connectivity index (χ3v) is 6.00. The van der Waals surface area contributed by atoms with E-state index in [0.717, 1.165) is 38.8 Å². The Bertz CT molecular complexity index is 1360. The van der Waals surface area contributed by atoms with Gasteiger partial charge in [0, 0.05) is 18.4 Å². The van der Waals surface area contributed by atoms with Gasteiger partial charge in [0.2, 0.25) is 0 Å². The van der Waals surface area contributed by atoms with Crippen LogP contribution in [0.4, 0.5) is 0 Å². The van der Waals surface area contributed by atoms with Crippen molar-refractivity contribution in [3.8, 4) is 11.5 Å². The smallest absolute Gasteiger partial charge is 0.303 e. The van der Waals surface area contributed by atoms with Crippen LogP contribution in [-0.2, 0) is 24.2 Å². The molecule has 4 rings (SSSR count). The SMILES string of the molecule is COc1ccc(CNC(=O)c2cc(Cc3ccc(CCC(=O)O)cc3)ccc2O)c2ccccc12. The molecular weight excluding hydrogens is 442 g/mol. The number of aromatic hydroxyl groups is 1. The summed E-state index contributed by atoms with van der Waals surface area (Å²) in [5.41, 5.74) is 4.06. The molecular formula is C29H27NO5. The minimum atomic E-state index is -0.816. The molecule has 0 aliphatic carbocycles. The van der Waals surface area contributed by atoms with E-state index in [1.807, 2.05) is 60.7 Å². The molecule has 4 aromatic carbocycles. The number of carboxylic acids is 1. The van der Waals surface area contributed by atoms with Crippen LogP contribution < -0.4 is 10.1 Å². The zero-order valence-electron chi connectivity index (χ0n) is 19.5. The second-order valence-corrected chi connectivity index (χ2v) is 8.39. The number of aryl methyl sites for hydroxylation is 1. The molecule has 0 saturated carbocycles. The first-order chi connectivity index (χ1) is 16.9. The summed E-state index contributed by atoms with van der Waals surface area (Å²) in [5.74, 6) is -0.469. The average Bonchev–Trinajstić information content (AvgIpc) is 2.87. The van der Waals surface area contributed by atoms with Crippen molar-refractivity contribution >= 4 is 22.6 Å². The van der Waals surface area contributed by atoms with Gasteiger partial charge < -0.3 is 20.3 Å². The maximum atomic E-state index is 12.9. The van der Waals surface area contributed by atoms with Crippen LogP contribution in [0.2, 0.25) is 0 Å². The summed E-state index contributed by atoms with van der Waals surface area (Å²) in [6.45, 7) is 0.310. The van der Waals surface area contributed by atoms with Crippen LogP contribution in [0.1, 0.15) is 39.0 Å². The van der Waals surface area contributed by atoms with Crippen LogP contribution in [0.5, 0.6) is 11.5 Å². The van der Waals surface area contributed by atoms with E-state index >= 15 is 0 Å². The molecule has 6 heteroatoms. The number of benzene rings is 4. The van der Waals surface area contributed by atoms with Gasteiger partial charge in [-0.2, -0.15) is 0 Å². The lowest BCUT2D eigenvalue weighted by Gasteiger charge is -2.12. The maximum absolute atomic E-state index is 12.9. The third kappa shape index (κ3) is 5.79. The predicted molar refractivity (Wildman–Crippen MR) is 135 cm³/mol. The second kappa shape index (κ2) is 10.7. The van der Waals surface area contributed by atoms with E-state index in [-0.39, 0.29) is 23.6 Å². The lowest BCUT2D eigenvalue weighted by Crippen LogP contribution is -2.23. The van der Waals surface area contributed by atoms with Crippen LogP contribution in [0, 0.1) is 0 Å². The molecule has 0 heterocycles. The predicted octanol–water partition coefficient (Wildman–Crippen LogP) is 5.09. The van der Waals surface area contributed by atoms with Crippen LogP contribution in [-0.4, -0.2) is 29.2 Å². The highest BCUT2D eigenvalue weighted by Gasteiger charge is 2.14. The van der Waals surface area contributed by atoms with E-state index < -0.39 is 5.97 Å². The molecule has 6 nitrogen and oxygen atoms in total. The third-order valence-electron chi connectivity index (χ3n) is 6.00. The Hall–Kier alpha value is -4.32. The van der Waals surface area contributed by atoms with Gasteiger partial charge in [0.25, 0.3) is 5.91 Å². The van der Waals surface area contributed by atoms with Crippen molar-refractivity contribution in [1.29, 1.82) is 0 Å². The molecule has 0 fully saturated rings. The maximum Gasteiger partial charge on any atom is 0.303 e. The Morgan fingerprint density at radius 3 is 2.26 bits per heavy atom. The summed E-state index contributed by atoms with van der Waals surface area (Å²) < 4.78 is 5.44. The topological polar surface area (TPSA) is 95.9 Å². The zero-order valence-corrected chi connectivity index (χ0v) is 19.5. The van der Waals surface area contributed by atoms with Crippen molar-refractivity contribution in [2.24, 2.45) is 0 Å². The average molecular weight is 470 g/mol. The van der Waals surface area contributed by atoms with Crippen molar-refractivity contribution in [2.45, 2.75) is 25.8 Å². The molecule has 178 valence electrons. The van der Waals surface area contributed by atoms with E-state index in [0.29, 0.717) is 19.4 Å². The number of ether oxygens (including phenoxy) is 1. The monoisotopic (exact) mass is 469 g/mol. The molecule has 0 unspecified atom stereocenters. The highest BCUT2D eigenvalue weighted by Crippen LogP contribution is 2.28. The summed E-state index contributed by atoms with van der Waals surface area (Å²) >= 11 is 0. The number of phenolic OH excluding ortho intramolecular Hbond substituents is 1. The van der Waals surface area contributed by atoms with E-state index in [1.165, 1.54) is 6.07 Å². The van der Waals surface area contributed by atoms with Crippen molar-refractivity contribution in [1.82, 2.24) is 5.32 Å². The van der Waals surface area contributed by atoms with Crippen molar-refractivity contribution < 1.29 is 24.5 Å². The highest BCUT2D eigenvalue weighted by atomic mass is 16.5. The summed E-state index contributed by atoms with van der Waals surface area (Å²) in [6, 6.07) is 24.5. The Kier molecular flexibility index (Phi) is 7.31. The molecule has 0 radical (unpaired) electrons. The fraction of sp³-hybridized carbons (Fsp3) is 0.172. The molecule has 0 bridgehead atoms. The number of carboxylic acid groups (broad SMARTS) is 1. The molecule has 3 N–H and O–H groups in total. The minimum Gasteiger partial charge on any atom is -0.507 e. The number of rotatable bonds is 9. The van der Waals surface area contributed by atoms with Gasteiger partial charge >= 0.3 is 5.97 Å². The van der Waals surface area contributed by atoms with Crippen molar-refractivity contribution in [2.75, 3.05) is 7.11 Å². The number of fused-ring (bicyclic) bond motifs is 1. The van der Waals surface area contributed by atoms with Gasteiger partial charge in [-0.3, -0.25) is 9.59 Å². The first-order valence-electron chi connectivity index (χ1n) is 11.4. The Balaban J connectivity index is 1.46. The first kappa shape index (κ1) is 23.8. The molecule has 0 aromatic heterocycles. The molecule has 0 spiro atoms. The fourth-order valence-electron chi connectivity index (χ4n) is 4.12. The zero-order chi connectivity index (χ0) is 24.8. The van der Waals surface area contributed by atoms with Gasteiger partial charge in [-0.05, 0) is 58.7 Å². The number of carbonyl (C=O) groups is 2. The lowest BCUT2D eigenvalue weighted by atomic mass is 10.00. The Morgan fingerprint density at radius 2 is 1.54 bits per heavy atom. The standard InChI is InChI=1S/C29H27NO5/c1-35-27-14-12-22(23-4-2-3-5-24(23)27)18-30-29(34)25-17-21(10-13-26(25)31)16-20-8-6-19(7-9-20)11-15-28(32)33/h2-10,12-14,17,31H,11,15-16,18H2,1H3,(H,30,34)(H,32,33).